The highest BCUT2D eigenvalue weighted by atomic mass is 16.3. The minimum Gasteiger partial charge on any atom is -0.394 e. The largest absolute Gasteiger partial charge is 0.394 e. The Morgan fingerprint density at radius 2 is 1.29 bits per heavy atom. The van der Waals surface area contributed by atoms with Gasteiger partial charge < -0.3 is 5.11 Å². The second-order valence-electron chi connectivity index (χ2n) is 3.38. The number of aliphatic hydroxyl groups excluding tert-OH is 1. The quantitative estimate of drug-likeness (QED) is 0.701. The minimum absolute atomic E-state index is 0.167. The number of hydrogen-bond acceptors (Lipinski definition) is 2. The van der Waals surface area contributed by atoms with E-state index in [-0.39, 0.29) is 6.10 Å². The van der Waals surface area contributed by atoms with E-state index in [1.54, 1.807) is 19.9 Å². The van der Waals surface area contributed by atoms with Crippen LogP contribution in [0.15, 0.2) is 0 Å². The SMILES string of the molecule is CC#N.CC(C)O.CCCCCCC. The van der Waals surface area contributed by atoms with Crippen molar-refractivity contribution in [3.63, 3.8) is 0 Å². The number of unbranched alkanes of at least 4 members (excludes halogenated alkanes) is 4. The van der Waals surface area contributed by atoms with E-state index in [1.165, 1.54) is 39.0 Å². The maximum absolute atomic E-state index is 8.06. The monoisotopic (exact) mass is 201 g/mol. The molecule has 0 heterocycles. The van der Waals surface area contributed by atoms with Crippen LogP contribution in [0.25, 0.3) is 0 Å². The van der Waals surface area contributed by atoms with E-state index in [1.807, 2.05) is 0 Å². The van der Waals surface area contributed by atoms with Crippen molar-refractivity contribution in [2.24, 2.45) is 0 Å². The van der Waals surface area contributed by atoms with Gasteiger partial charge in [0, 0.05) is 13.0 Å². The first-order valence-electron chi connectivity index (χ1n) is 5.55. The molecule has 2 heteroatoms. The predicted molar refractivity (Wildman–Crippen MR) is 63.1 cm³/mol. The standard InChI is InChI=1S/C7H16.C3H8O.C2H3N/c1-3-5-7-6-4-2;1-3(2)4;1-2-3/h3-7H2,1-2H3;3-4H,1-2H3;1H3. The van der Waals surface area contributed by atoms with Gasteiger partial charge in [0.1, 0.15) is 0 Å². The predicted octanol–water partition coefficient (Wildman–Crippen LogP) is 3.89. The smallest absolute Gasteiger partial charge is 0.0587 e. The summed E-state index contributed by atoms with van der Waals surface area (Å²) in [5, 5.41) is 15.4. The van der Waals surface area contributed by atoms with Crippen LogP contribution in [-0.4, -0.2) is 11.2 Å². The summed E-state index contributed by atoms with van der Waals surface area (Å²) in [4.78, 5) is 0. The molecule has 0 unspecified atom stereocenters. The molecule has 0 bridgehead atoms. The zero-order valence-electron chi connectivity index (χ0n) is 10.5. The maximum atomic E-state index is 8.06. The summed E-state index contributed by atoms with van der Waals surface area (Å²) in [6.07, 6.45) is 6.84. The van der Waals surface area contributed by atoms with E-state index in [4.69, 9.17) is 10.4 Å². The average molecular weight is 201 g/mol. The highest BCUT2D eigenvalue weighted by Crippen LogP contribution is 2.00. The Morgan fingerprint density at radius 1 is 1.07 bits per heavy atom. The normalized spacial score (nSPS) is 7.86. The molecule has 0 aliphatic heterocycles. The van der Waals surface area contributed by atoms with E-state index >= 15 is 0 Å². The first-order chi connectivity index (χ1) is 6.56. The summed E-state index contributed by atoms with van der Waals surface area (Å²) in [6.45, 7) is 9.37. The van der Waals surface area contributed by atoms with Crippen molar-refractivity contribution in [3.05, 3.63) is 0 Å². The number of hydrogen-bond donors (Lipinski definition) is 1. The Bertz CT molecular complexity index is 98.6. The second kappa shape index (κ2) is 22.9. The molecule has 0 aromatic heterocycles. The second-order valence-corrected chi connectivity index (χ2v) is 3.38. The van der Waals surface area contributed by atoms with Crippen LogP contribution < -0.4 is 0 Å². The van der Waals surface area contributed by atoms with Crippen molar-refractivity contribution in [1.29, 1.82) is 5.26 Å². The van der Waals surface area contributed by atoms with Crippen LogP contribution in [0, 0.1) is 11.3 Å². The summed E-state index contributed by atoms with van der Waals surface area (Å²) < 4.78 is 0. The first-order valence-corrected chi connectivity index (χ1v) is 5.55. The summed E-state index contributed by atoms with van der Waals surface area (Å²) >= 11 is 0. The van der Waals surface area contributed by atoms with Crippen molar-refractivity contribution in [2.75, 3.05) is 0 Å². The highest BCUT2D eigenvalue weighted by molar-refractivity contribution is 4.51. The lowest BCUT2D eigenvalue weighted by molar-refractivity contribution is 0.216. The van der Waals surface area contributed by atoms with Crippen LogP contribution in [0.4, 0.5) is 0 Å². The third-order valence-corrected chi connectivity index (χ3v) is 1.21. The summed E-state index contributed by atoms with van der Waals surface area (Å²) in [6, 6.07) is 1.75. The molecule has 0 saturated carbocycles. The third kappa shape index (κ3) is 105. The van der Waals surface area contributed by atoms with E-state index in [0.717, 1.165) is 0 Å². The van der Waals surface area contributed by atoms with Crippen molar-refractivity contribution < 1.29 is 5.11 Å². The molecule has 0 atom stereocenters. The molecule has 2 nitrogen and oxygen atoms in total. The van der Waals surface area contributed by atoms with Gasteiger partial charge in [0.15, 0.2) is 0 Å². The zero-order valence-corrected chi connectivity index (χ0v) is 10.5. The Labute approximate surface area is 90.0 Å². The fourth-order valence-electron chi connectivity index (χ4n) is 0.677. The summed E-state index contributed by atoms with van der Waals surface area (Å²) in [5.74, 6) is 0. The number of rotatable bonds is 4. The molecule has 14 heavy (non-hydrogen) atoms. The molecule has 0 rings (SSSR count). The average Bonchev–Trinajstić information content (AvgIpc) is 2.06. The molecule has 0 aliphatic rings. The molecule has 0 aliphatic carbocycles. The molecular formula is C12H27NO. The lowest BCUT2D eigenvalue weighted by atomic mass is 10.2. The van der Waals surface area contributed by atoms with Crippen LogP contribution in [0.3, 0.4) is 0 Å². The molecule has 1 N–H and O–H groups in total. The first kappa shape index (κ1) is 19.1. The van der Waals surface area contributed by atoms with Gasteiger partial charge in [-0.25, -0.2) is 0 Å². The van der Waals surface area contributed by atoms with Gasteiger partial charge in [-0.05, 0) is 13.8 Å². The van der Waals surface area contributed by atoms with Crippen molar-refractivity contribution in [3.8, 4) is 6.07 Å². The number of nitriles is 1. The van der Waals surface area contributed by atoms with E-state index < -0.39 is 0 Å². The van der Waals surface area contributed by atoms with Crippen molar-refractivity contribution >= 4 is 0 Å². The lowest BCUT2D eigenvalue weighted by Gasteiger charge is -1.90. The van der Waals surface area contributed by atoms with E-state index in [2.05, 4.69) is 13.8 Å². The molecular weight excluding hydrogens is 174 g/mol. The molecule has 86 valence electrons. The molecule has 0 aromatic rings. The Hall–Kier alpha value is -0.550. The van der Waals surface area contributed by atoms with Crippen molar-refractivity contribution in [1.82, 2.24) is 0 Å². The minimum atomic E-state index is -0.167. The Kier molecular flexibility index (Phi) is 31.2. The summed E-state index contributed by atoms with van der Waals surface area (Å²) in [7, 11) is 0. The van der Waals surface area contributed by atoms with Crippen LogP contribution >= 0.6 is 0 Å². The maximum Gasteiger partial charge on any atom is 0.0587 e. The van der Waals surface area contributed by atoms with Gasteiger partial charge >= 0.3 is 0 Å². The highest BCUT2D eigenvalue weighted by Gasteiger charge is 1.80. The summed E-state index contributed by atoms with van der Waals surface area (Å²) in [5.41, 5.74) is 0. The number of nitrogens with zero attached hydrogens (tertiary/aromatic N) is 1. The van der Waals surface area contributed by atoms with Crippen LogP contribution in [0.2, 0.25) is 0 Å². The third-order valence-electron chi connectivity index (χ3n) is 1.21. The van der Waals surface area contributed by atoms with Gasteiger partial charge in [-0.3, -0.25) is 0 Å². The van der Waals surface area contributed by atoms with Crippen LogP contribution in [0.1, 0.15) is 66.7 Å². The lowest BCUT2D eigenvalue weighted by Crippen LogP contribution is -1.85. The molecule has 0 amide bonds. The molecule has 0 saturated heterocycles. The van der Waals surface area contributed by atoms with Crippen molar-refractivity contribution in [2.45, 2.75) is 72.8 Å². The molecule has 0 radical (unpaired) electrons. The van der Waals surface area contributed by atoms with Crippen LogP contribution in [-0.2, 0) is 0 Å². The van der Waals surface area contributed by atoms with E-state index in [9.17, 15) is 0 Å². The van der Waals surface area contributed by atoms with Crippen LogP contribution in [0.5, 0.6) is 0 Å². The molecule has 0 aromatic carbocycles. The fourth-order valence-corrected chi connectivity index (χ4v) is 0.677. The van der Waals surface area contributed by atoms with Gasteiger partial charge in [0.2, 0.25) is 0 Å². The fraction of sp³-hybridized carbons (Fsp3) is 0.917. The topological polar surface area (TPSA) is 44.0 Å². The van der Waals surface area contributed by atoms with Gasteiger partial charge in [-0.15, -0.1) is 0 Å². The van der Waals surface area contributed by atoms with Gasteiger partial charge in [-0.2, -0.15) is 5.26 Å². The Balaban J connectivity index is -0.000000147. The number of aliphatic hydroxyl groups is 1. The van der Waals surface area contributed by atoms with E-state index in [0.29, 0.717) is 0 Å². The molecule has 0 fully saturated rings. The van der Waals surface area contributed by atoms with Gasteiger partial charge in [0.25, 0.3) is 0 Å². The van der Waals surface area contributed by atoms with Gasteiger partial charge in [-0.1, -0.05) is 46.0 Å². The molecule has 0 spiro atoms. The Morgan fingerprint density at radius 3 is 1.43 bits per heavy atom. The zero-order chi connectivity index (χ0) is 11.8. The van der Waals surface area contributed by atoms with Gasteiger partial charge in [0.05, 0.1) is 6.07 Å².